The Kier molecular flexibility index (Phi) is 4.60. The van der Waals surface area contributed by atoms with Crippen LogP contribution in [0.5, 0.6) is 0 Å². The molecule has 0 bridgehead atoms. The molecule has 0 atom stereocenters. The summed E-state index contributed by atoms with van der Waals surface area (Å²) in [7, 11) is -3.38. The van der Waals surface area contributed by atoms with Crippen LogP contribution in [0.2, 0.25) is 0 Å². The molecule has 118 valence electrons. The molecule has 1 fully saturated rings. The Labute approximate surface area is 126 Å². The maximum Gasteiger partial charge on any atom is 0.242 e. The van der Waals surface area contributed by atoms with Crippen LogP contribution in [0.1, 0.15) is 12.8 Å². The lowest BCUT2D eigenvalue weighted by Gasteiger charge is -2.24. The minimum Gasteiger partial charge on any atom is -0.382 e. The number of sulfone groups is 1. The van der Waals surface area contributed by atoms with E-state index in [0.29, 0.717) is 18.5 Å². The minimum atomic E-state index is -3.46. The number of nitrogens with zero attached hydrogens (tertiary/aromatic N) is 1. The normalized spacial score (nSPS) is 19.6. The van der Waals surface area contributed by atoms with E-state index in [0.717, 1.165) is 0 Å². The van der Waals surface area contributed by atoms with Gasteiger partial charge in [0.1, 0.15) is 9.84 Å². The highest BCUT2D eigenvalue weighted by Crippen LogP contribution is 2.21. The number of sulfonamides is 1. The number of hydrogen-bond donors (Lipinski definition) is 1. The monoisotopic (exact) mass is 332 g/mol. The van der Waals surface area contributed by atoms with Crippen LogP contribution in [-0.4, -0.2) is 52.8 Å². The molecule has 0 unspecified atom stereocenters. The SMILES string of the molecule is CN(C)S(=O)(=O)c1cccc(NC2CCS(=O)(=O)CC2)c1. The van der Waals surface area contributed by atoms with Gasteiger partial charge in [-0.2, -0.15) is 0 Å². The second-order valence-electron chi connectivity index (χ2n) is 5.39. The van der Waals surface area contributed by atoms with Gasteiger partial charge in [0.15, 0.2) is 0 Å². The summed E-state index contributed by atoms with van der Waals surface area (Å²) in [6.45, 7) is 0. The van der Waals surface area contributed by atoms with Crippen molar-refractivity contribution in [1.29, 1.82) is 0 Å². The molecule has 6 nitrogen and oxygen atoms in total. The van der Waals surface area contributed by atoms with E-state index in [1.54, 1.807) is 24.3 Å². The van der Waals surface area contributed by atoms with Crippen LogP contribution in [0.4, 0.5) is 5.69 Å². The summed E-state index contributed by atoms with van der Waals surface area (Å²) in [6.07, 6.45) is 1.10. The van der Waals surface area contributed by atoms with Crippen LogP contribution in [0.25, 0.3) is 0 Å². The van der Waals surface area contributed by atoms with Crippen LogP contribution in [0, 0.1) is 0 Å². The largest absolute Gasteiger partial charge is 0.382 e. The smallest absolute Gasteiger partial charge is 0.242 e. The number of nitrogens with one attached hydrogen (secondary N) is 1. The van der Waals surface area contributed by atoms with Crippen molar-refractivity contribution in [1.82, 2.24) is 4.31 Å². The summed E-state index contributed by atoms with van der Waals surface area (Å²) >= 11 is 0. The number of hydrogen-bond acceptors (Lipinski definition) is 5. The molecule has 0 saturated carbocycles. The first-order valence-electron chi connectivity index (χ1n) is 6.70. The number of benzene rings is 1. The molecule has 0 aliphatic carbocycles. The standard InChI is InChI=1S/C13H20N2O4S2/c1-15(2)21(18,19)13-5-3-4-12(10-13)14-11-6-8-20(16,17)9-7-11/h3-5,10-11,14H,6-9H2,1-2H3. The zero-order valence-corrected chi connectivity index (χ0v) is 13.7. The van der Waals surface area contributed by atoms with Gasteiger partial charge in [-0.15, -0.1) is 0 Å². The van der Waals surface area contributed by atoms with Gasteiger partial charge in [0.05, 0.1) is 16.4 Å². The summed E-state index contributed by atoms with van der Waals surface area (Å²) in [4.78, 5) is 0.223. The molecule has 1 heterocycles. The third-order valence-electron chi connectivity index (χ3n) is 3.54. The fourth-order valence-corrected chi connectivity index (χ4v) is 4.67. The predicted molar refractivity (Wildman–Crippen MR) is 82.6 cm³/mol. The average Bonchev–Trinajstić information content (AvgIpc) is 2.41. The van der Waals surface area contributed by atoms with E-state index >= 15 is 0 Å². The molecule has 8 heteroatoms. The van der Waals surface area contributed by atoms with E-state index in [4.69, 9.17) is 0 Å². The average molecular weight is 332 g/mol. The van der Waals surface area contributed by atoms with Crippen molar-refractivity contribution in [3.8, 4) is 0 Å². The summed E-state index contributed by atoms with van der Waals surface area (Å²) in [5.74, 6) is 0.362. The first-order chi connectivity index (χ1) is 9.71. The Morgan fingerprint density at radius 3 is 2.38 bits per heavy atom. The van der Waals surface area contributed by atoms with Gasteiger partial charge in [0.2, 0.25) is 10.0 Å². The van der Waals surface area contributed by atoms with Crippen LogP contribution in [0.3, 0.4) is 0 Å². The first-order valence-corrected chi connectivity index (χ1v) is 9.96. The molecule has 0 spiro atoms. The summed E-state index contributed by atoms with van der Waals surface area (Å²) < 4.78 is 48.1. The van der Waals surface area contributed by atoms with Crippen molar-refractivity contribution in [3.05, 3.63) is 24.3 Å². The van der Waals surface area contributed by atoms with E-state index in [9.17, 15) is 16.8 Å². The van der Waals surface area contributed by atoms with Gasteiger partial charge in [-0.25, -0.2) is 21.1 Å². The van der Waals surface area contributed by atoms with Crippen LogP contribution in [-0.2, 0) is 19.9 Å². The third-order valence-corrected chi connectivity index (χ3v) is 7.06. The van der Waals surface area contributed by atoms with E-state index in [1.807, 2.05) is 0 Å². The fraction of sp³-hybridized carbons (Fsp3) is 0.538. The lowest BCUT2D eigenvalue weighted by Crippen LogP contribution is -2.32. The second kappa shape index (κ2) is 5.94. The van der Waals surface area contributed by atoms with Gasteiger partial charge >= 0.3 is 0 Å². The fourth-order valence-electron chi connectivity index (χ4n) is 2.23. The van der Waals surface area contributed by atoms with Gasteiger partial charge < -0.3 is 5.32 Å². The molecule has 21 heavy (non-hydrogen) atoms. The summed E-state index contributed by atoms with van der Waals surface area (Å²) in [5, 5.41) is 3.22. The Balaban J connectivity index is 2.13. The van der Waals surface area contributed by atoms with Crippen molar-refractivity contribution >= 4 is 25.5 Å². The highest BCUT2D eigenvalue weighted by atomic mass is 32.2. The molecule has 0 radical (unpaired) electrons. The molecule has 1 aromatic carbocycles. The van der Waals surface area contributed by atoms with Gasteiger partial charge in [0.25, 0.3) is 0 Å². The number of rotatable bonds is 4. The summed E-state index contributed by atoms with van der Waals surface area (Å²) in [6, 6.07) is 6.66. The van der Waals surface area contributed by atoms with Crippen molar-refractivity contribution in [2.75, 3.05) is 30.9 Å². The van der Waals surface area contributed by atoms with Crippen molar-refractivity contribution in [2.45, 2.75) is 23.8 Å². The van der Waals surface area contributed by atoms with Crippen LogP contribution >= 0.6 is 0 Å². The summed E-state index contributed by atoms with van der Waals surface area (Å²) in [5.41, 5.74) is 0.697. The maximum atomic E-state index is 12.1. The highest BCUT2D eigenvalue weighted by Gasteiger charge is 2.24. The minimum absolute atomic E-state index is 0.0610. The Morgan fingerprint density at radius 1 is 1.19 bits per heavy atom. The topological polar surface area (TPSA) is 83.6 Å². The Morgan fingerprint density at radius 2 is 1.81 bits per heavy atom. The zero-order valence-electron chi connectivity index (χ0n) is 12.1. The second-order valence-corrected chi connectivity index (χ2v) is 9.84. The molecule has 1 aliphatic heterocycles. The van der Waals surface area contributed by atoms with Crippen LogP contribution in [0.15, 0.2) is 29.2 Å². The van der Waals surface area contributed by atoms with Crippen molar-refractivity contribution in [2.24, 2.45) is 0 Å². The maximum absolute atomic E-state index is 12.1. The predicted octanol–water partition coefficient (Wildman–Crippen LogP) is 0.926. The van der Waals surface area contributed by atoms with Crippen molar-refractivity contribution in [3.63, 3.8) is 0 Å². The van der Waals surface area contributed by atoms with E-state index in [1.165, 1.54) is 18.4 Å². The molecule has 1 aromatic rings. The van der Waals surface area contributed by atoms with Gasteiger partial charge in [-0.05, 0) is 31.0 Å². The highest BCUT2D eigenvalue weighted by molar-refractivity contribution is 7.91. The number of anilines is 1. The Hall–Kier alpha value is -1.12. The lowest BCUT2D eigenvalue weighted by atomic mass is 10.1. The molecule has 0 aromatic heterocycles. The molecule has 0 amide bonds. The van der Waals surface area contributed by atoms with Gasteiger partial charge in [-0.3, -0.25) is 0 Å². The van der Waals surface area contributed by atoms with Crippen molar-refractivity contribution < 1.29 is 16.8 Å². The first kappa shape index (κ1) is 16.3. The zero-order chi connectivity index (χ0) is 15.7. The molecule has 1 N–H and O–H groups in total. The Bertz CT molecular complexity index is 697. The van der Waals surface area contributed by atoms with Gasteiger partial charge in [0, 0.05) is 25.8 Å². The molecule has 1 saturated heterocycles. The van der Waals surface area contributed by atoms with E-state index in [2.05, 4.69) is 5.32 Å². The molecule has 2 rings (SSSR count). The van der Waals surface area contributed by atoms with E-state index in [-0.39, 0.29) is 22.4 Å². The third kappa shape index (κ3) is 3.96. The quantitative estimate of drug-likeness (QED) is 0.887. The molecule has 1 aliphatic rings. The molecular formula is C13H20N2O4S2. The van der Waals surface area contributed by atoms with Crippen LogP contribution < -0.4 is 5.32 Å². The lowest BCUT2D eigenvalue weighted by molar-refractivity contribution is 0.520. The molecular weight excluding hydrogens is 312 g/mol. The van der Waals surface area contributed by atoms with Gasteiger partial charge in [-0.1, -0.05) is 6.07 Å². The van der Waals surface area contributed by atoms with E-state index < -0.39 is 19.9 Å².